The number of ether oxygens (including phenoxy) is 2. The molecule has 6 nitrogen and oxygen atoms in total. The lowest BCUT2D eigenvalue weighted by molar-refractivity contribution is 0.405. The Balaban J connectivity index is 1.87. The maximum Gasteiger partial charge on any atom is 0.229 e. The summed E-state index contributed by atoms with van der Waals surface area (Å²) in [5.41, 5.74) is 3.00. The number of hydrogen-bond acceptors (Lipinski definition) is 6. The Labute approximate surface area is 166 Å². The lowest BCUT2D eigenvalue weighted by Gasteiger charge is -2.23. The summed E-state index contributed by atoms with van der Waals surface area (Å²) in [5.74, 6) is 2.57. The van der Waals surface area contributed by atoms with Crippen molar-refractivity contribution in [2.45, 2.75) is 26.2 Å². The standard InChI is InChI=1S/C22H26N4O2/c1-22(2,3)16-8-6-7-9-17(16)24-20-12-13-23-21(26-20)25-18-14-15(27-4)10-11-19(18)28-5/h6-14H,1-5H3,(H2,23,24,25,26). The molecule has 0 amide bonds. The Kier molecular flexibility index (Phi) is 5.68. The quantitative estimate of drug-likeness (QED) is 0.608. The molecule has 0 aliphatic carbocycles. The summed E-state index contributed by atoms with van der Waals surface area (Å²) in [6.07, 6.45) is 1.71. The van der Waals surface area contributed by atoms with Crippen LogP contribution in [-0.2, 0) is 5.41 Å². The van der Waals surface area contributed by atoms with Gasteiger partial charge in [-0.05, 0) is 35.2 Å². The van der Waals surface area contributed by atoms with E-state index in [0.717, 1.165) is 17.1 Å². The maximum atomic E-state index is 5.41. The summed E-state index contributed by atoms with van der Waals surface area (Å²) in [5, 5.41) is 6.61. The number of rotatable bonds is 6. The largest absolute Gasteiger partial charge is 0.497 e. The van der Waals surface area contributed by atoms with Crippen LogP contribution in [0.5, 0.6) is 11.5 Å². The Morgan fingerprint density at radius 3 is 2.36 bits per heavy atom. The Morgan fingerprint density at radius 2 is 1.64 bits per heavy atom. The van der Waals surface area contributed by atoms with Crippen LogP contribution in [0.3, 0.4) is 0 Å². The summed E-state index contributed by atoms with van der Waals surface area (Å²) in [6.45, 7) is 6.57. The molecule has 0 spiro atoms. The second-order valence-corrected chi connectivity index (χ2v) is 7.38. The number of aromatic nitrogens is 2. The average molecular weight is 378 g/mol. The second-order valence-electron chi connectivity index (χ2n) is 7.38. The van der Waals surface area contributed by atoms with Crippen molar-refractivity contribution in [2.75, 3.05) is 24.9 Å². The molecule has 0 atom stereocenters. The SMILES string of the molecule is COc1ccc(OC)c(Nc2nccc(Nc3ccccc3C(C)(C)C)n2)c1. The van der Waals surface area contributed by atoms with Crippen LogP contribution in [0.2, 0.25) is 0 Å². The van der Waals surface area contributed by atoms with E-state index in [4.69, 9.17) is 9.47 Å². The zero-order valence-electron chi connectivity index (χ0n) is 16.9. The second kappa shape index (κ2) is 8.17. The van der Waals surface area contributed by atoms with E-state index in [2.05, 4.69) is 53.5 Å². The number of para-hydroxylation sites is 1. The highest BCUT2D eigenvalue weighted by Gasteiger charge is 2.17. The Bertz CT molecular complexity index is 951. The normalized spacial score (nSPS) is 11.0. The third-order valence-corrected chi connectivity index (χ3v) is 4.31. The van der Waals surface area contributed by atoms with Crippen molar-refractivity contribution in [1.82, 2.24) is 9.97 Å². The van der Waals surface area contributed by atoms with Crippen molar-refractivity contribution in [3.63, 3.8) is 0 Å². The molecule has 0 radical (unpaired) electrons. The fourth-order valence-electron chi connectivity index (χ4n) is 2.90. The minimum atomic E-state index is 0.0195. The highest BCUT2D eigenvalue weighted by atomic mass is 16.5. The van der Waals surface area contributed by atoms with Crippen LogP contribution < -0.4 is 20.1 Å². The number of anilines is 4. The van der Waals surface area contributed by atoms with Gasteiger partial charge in [0.1, 0.15) is 17.3 Å². The maximum absolute atomic E-state index is 5.41. The number of nitrogens with zero attached hydrogens (tertiary/aromatic N) is 2. The molecule has 0 bridgehead atoms. The van der Waals surface area contributed by atoms with Gasteiger partial charge in [0.2, 0.25) is 5.95 Å². The molecule has 3 aromatic rings. The minimum Gasteiger partial charge on any atom is -0.497 e. The van der Waals surface area contributed by atoms with Gasteiger partial charge in [0, 0.05) is 18.0 Å². The van der Waals surface area contributed by atoms with Gasteiger partial charge in [-0.25, -0.2) is 4.98 Å². The lowest BCUT2D eigenvalue weighted by atomic mass is 9.86. The third-order valence-electron chi connectivity index (χ3n) is 4.31. The predicted molar refractivity (Wildman–Crippen MR) is 113 cm³/mol. The zero-order valence-corrected chi connectivity index (χ0v) is 16.9. The van der Waals surface area contributed by atoms with Crippen molar-refractivity contribution in [3.8, 4) is 11.5 Å². The van der Waals surface area contributed by atoms with Crippen LogP contribution in [0.25, 0.3) is 0 Å². The monoisotopic (exact) mass is 378 g/mol. The van der Waals surface area contributed by atoms with Gasteiger partial charge in [-0.15, -0.1) is 0 Å². The highest BCUT2D eigenvalue weighted by Crippen LogP contribution is 2.32. The number of methoxy groups -OCH3 is 2. The van der Waals surface area contributed by atoms with Crippen molar-refractivity contribution in [1.29, 1.82) is 0 Å². The van der Waals surface area contributed by atoms with Crippen molar-refractivity contribution >= 4 is 23.1 Å². The molecule has 0 aliphatic heterocycles. The summed E-state index contributed by atoms with van der Waals surface area (Å²) in [6, 6.07) is 15.6. The van der Waals surface area contributed by atoms with Gasteiger partial charge < -0.3 is 20.1 Å². The first-order chi connectivity index (χ1) is 13.4. The van der Waals surface area contributed by atoms with Gasteiger partial charge in [0.15, 0.2) is 0 Å². The van der Waals surface area contributed by atoms with E-state index in [1.54, 1.807) is 20.4 Å². The molecule has 0 saturated carbocycles. The Hall–Kier alpha value is -3.28. The van der Waals surface area contributed by atoms with Crippen molar-refractivity contribution in [3.05, 3.63) is 60.3 Å². The van der Waals surface area contributed by atoms with Crippen LogP contribution in [0, 0.1) is 0 Å². The summed E-state index contributed by atoms with van der Waals surface area (Å²) in [7, 11) is 3.24. The lowest BCUT2D eigenvalue weighted by Crippen LogP contribution is -2.13. The topological polar surface area (TPSA) is 68.3 Å². The van der Waals surface area contributed by atoms with E-state index in [-0.39, 0.29) is 5.41 Å². The summed E-state index contributed by atoms with van der Waals surface area (Å²) < 4.78 is 10.7. The van der Waals surface area contributed by atoms with E-state index in [9.17, 15) is 0 Å². The van der Waals surface area contributed by atoms with Gasteiger partial charge in [-0.2, -0.15) is 4.98 Å². The first kappa shape index (κ1) is 19.5. The van der Waals surface area contributed by atoms with E-state index >= 15 is 0 Å². The molecular formula is C22H26N4O2. The summed E-state index contributed by atoms with van der Waals surface area (Å²) in [4.78, 5) is 8.91. The molecule has 3 rings (SSSR count). The first-order valence-corrected chi connectivity index (χ1v) is 9.09. The molecular weight excluding hydrogens is 352 g/mol. The van der Waals surface area contributed by atoms with E-state index in [0.29, 0.717) is 17.5 Å². The number of benzene rings is 2. The zero-order chi connectivity index (χ0) is 20.1. The van der Waals surface area contributed by atoms with Crippen LogP contribution in [0.4, 0.5) is 23.1 Å². The fourth-order valence-corrected chi connectivity index (χ4v) is 2.90. The number of nitrogens with one attached hydrogen (secondary N) is 2. The van der Waals surface area contributed by atoms with Crippen LogP contribution in [0.1, 0.15) is 26.3 Å². The predicted octanol–water partition coefficient (Wildman–Crippen LogP) is 5.28. The fraction of sp³-hybridized carbons (Fsp3) is 0.273. The molecule has 0 saturated heterocycles. The van der Waals surface area contributed by atoms with Gasteiger partial charge in [0.05, 0.1) is 19.9 Å². The molecule has 0 fully saturated rings. The minimum absolute atomic E-state index is 0.0195. The molecule has 0 aliphatic rings. The molecule has 6 heteroatoms. The van der Waals surface area contributed by atoms with Gasteiger partial charge in [-0.1, -0.05) is 39.0 Å². The van der Waals surface area contributed by atoms with Crippen LogP contribution in [-0.4, -0.2) is 24.2 Å². The highest BCUT2D eigenvalue weighted by molar-refractivity contribution is 5.67. The summed E-state index contributed by atoms with van der Waals surface area (Å²) >= 11 is 0. The molecule has 2 aromatic carbocycles. The average Bonchev–Trinajstić information content (AvgIpc) is 2.68. The first-order valence-electron chi connectivity index (χ1n) is 9.09. The molecule has 1 heterocycles. The third kappa shape index (κ3) is 4.52. The van der Waals surface area contributed by atoms with Gasteiger partial charge >= 0.3 is 0 Å². The Morgan fingerprint density at radius 1 is 0.857 bits per heavy atom. The molecule has 146 valence electrons. The van der Waals surface area contributed by atoms with Crippen LogP contribution in [0.15, 0.2) is 54.7 Å². The molecule has 28 heavy (non-hydrogen) atoms. The van der Waals surface area contributed by atoms with Gasteiger partial charge in [-0.3, -0.25) is 0 Å². The van der Waals surface area contributed by atoms with Gasteiger partial charge in [0.25, 0.3) is 0 Å². The molecule has 1 aromatic heterocycles. The number of hydrogen-bond donors (Lipinski definition) is 2. The van der Waals surface area contributed by atoms with Crippen molar-refractivity contribution < 1.29 is 9.47 Å². The van der Waals surface area contributed by atoms with E-state index in [1.807, 2.05) is 36.4 Å². The van der Waals surface area contributed by atoms with Crippen molar-refractivity contribution in [2.24, 2.45) is 0 Å². The van der Waals surface area contributed by atoms with Crippen LogP contribution >= 0.6 is 0 Å². The molecule has 0 unspecified atom stereocenters. The molecule has 2 N–H and O–H groups in total. The smallest absolute Gasteiger partial charge is 0.229 e. The van der Waals surface area contributed by atoms with E-state index < -0.39 is 0 Å². The van der Waals surface area contributed by atoms with E-state index in [1.165, 1.54) is 5.56 Å².